The summed E-state index contributed by atoms with van der Waals surface area (Å²) in [6.45, 7) is 0. The first kappa shape index (κ1) is 20.5. The van der Waals surface area contributed by atoms with Crippen LogP contribution in [0.25, 0.3) is 0 Å². The molecule has 11 heteroatoms. The summed E-state index contributed by atoms with van der Waals surface area (Å²) in [5, 5.41) is 12.2. The van der Waals surface area contributed by atoms with E-state index in [0.717, 1.165) is 0 Å². The number of nitrogens with one attached hydrogen (secondary N) is 3. The number of hydrogen-bond acceptors (Lipinski definition) is 8. The number of aliphatic imine (C=N–C) groups is 1. The molecule has 3 heterocycles. The molecule has 11 nitrogen and oxygen atoms in total. The van der Waals surface area contributed by atoms with Crippen molar-refractivity contribution in [3.05, 3.63) is 60.0 Å². The number of aryl methyl sites for hydroxylation is 1. The lowest BCUT2D eigenvalue weighted by atomic mass is 10.3. The highest BCUT2D eigenvalue weighted by molar-refractivity contribution is 6.09. The van der Waals surface area contributed by atoms with Gasteiger partial charge in [-0.2, -0.15) is 5.10 Å². The zero-order valence-electron chi connectivity index (χ0n) is 16.6. The second-order valence-electron chi connectivity index (χ2n) is 5.92. The fraction of sp³-hybridized carbons (Fsp3) is 0.158. The Kier molecular flexibility index (Phi) is 6.33. The van der Waals surface area contributed by atoms with Gasteiger partial charge in [0, 0.05) is 20.3 Å². The Morgan fingerprint density at radius 1 is 1.13 bits per heavy atom. The third kappa shape index (κ3) is 4.58. The van der Waals surface area contributed by atoms with E-state index >= 15 is 0 Å². The summed E-state index contributed by atoms with van der Waals surface area (Å²) in [5.41, 5.74) is 0.994. The summed E-state index contributed by atoms with van der Waals surface area (Å²) < 4.78 is 6.46. The molecule has 2 amide bonds. The standard InChI is InChI=1S/C19H20N8O3/c1-20-19(29)16-13(10-23-27(16)2)25-18(28)15-17(22-11-14(26-15)30-3)24-12-7-5-4-6-8-21-9-12/h4-11H,1-3H3,(H,20,29)(H,22,24)(H,25,28)/b5-4+,6-4?,7-5?,8-6+,12-7+,12-9?,21-8?,21-9-. The summed E-state index contributed by atoms with van der Waals surface area (Å²) in [6, 6.07) is 0. The van der Waals surface area contributed by atoms with Crippen LogP contribution in [0.15, 0.2) is 53.6 Å². The number of aromatic nitrogens is 4. The number of carbonyl (C=O) groups excluding carboxylic acids is 2. The molecule has 0 atom stereocenters. The third-order valence-electron chi connectivity index (χ3n) is 3.95. The molecular weight excluding hydrogens is 388 g/mol. The molecule has 1 aliphatic heterocycles. The Hall–Kier alpha value is -4.28. The molecule has 0 aromatic carbocycles. The number of allylic oxidation sites excluding steroid dienone is 5. The maximum absolute atomic E-state index is 13.0. The highest BCUT2D eigenvalue weighted by Gasteiger charge is 2.22. The Morgan fingerprint density at radius 2 is 1.97 bits per heavy atom. The van der Waals surface area contributed by atoms with Crippen LogP contribution in [0, 0.1) is 0 Å². The van der Waals surface area contributed by atoms with E-state index in [1.54, 1.807) is 31.6 Å². The summed E-state index contributed by atoms with van der Waals surface area (Å²) in [4.78, 5) is 37.6. The molecule has 0 bridgehead atoms. The van der Waals surface area contributed by atoms with E-state index in [-0.39, 0.29) is 28.8 Å². The van der Waals surface area contributed by atoms with Gasteiger partial charge in [0.25, 0.3) is 11.8 Å². The Balaban J connectivity index is 1.93. The fourth-order valence-corrected chi connectivity index (χ4v) is 2.52. The molecule has 2 aromatic rings. The number of carbonyl (C=O) groups is 2. The first-order valence-corrected chi connectivity index (χ1v) is 8.83. The fourth-order valence-electron chi connectivity index (χ4n) is 2.52. The number of nitrogens with zero attached hydrogens (tertiary/aromatic N) is 5. The molecule has 0 saturated heterocycles. The zero-order chi connectivity index (χ0) is 21.5. The van der Waals surface area contributed by atoms with Crippen molar-refractivity contribution in [3.63, 3.8) is 0 Å². The van der Waals surface area contributed by atoms with Gasteiger partial charge in [-0.3, -0.25) is 19.3 Å². The van der Waals surface area contributed by atoms with Gasteiger partial charge in [-0.1, -0.05) is 12.2 Å². The maximum atomic E-state index is 13.0. The second-order valence-corrected chi connectivity index (χ2v) is 5.92. The first-order valence-electron chi connectivity index (χ1n) is 8.83. The topological polar surface area (TPSA) is 135 Å². The van der Waals surface area contributed by atoms with Gasteiger partial charge in [-0.05, 0) is 12.2 Å². The molecule has 0 radical (unpaired) electrons. The molecule has 154 valence electrons. The number of amides is 2. The molecule has 3 rings (SSSR count). The number of hydrogen-bond donors (Lipinski definition) is 3. The van der Waals surface area contributed by atoms with Crippen LogP contribution in [-0.2, 0) is 7.05 Å². The average molecular weight is 408 g/mol. The van der Waals surface area contributed by atoms with Gasteiger partial charge in [0.05, 0.1) is 37.1 Å². The molecule has 0 fully saturated rings. The van der Waals surface area contributed by atoms with Crippen molar-refractivity contribution >= 4 is 29.5 Å². The molecule has 0 unspecified atom stereocenters. The van der Waals surface area contributed by atoms with E-state index in [1.165, 1.54) is 31.2 Å². The van der Waals surface area contributed by atoms with Crippen molar-refractivity contribution in [2.24, 2.45) is 12.0 Å². The van der Waals surface area contributed by atoms with Crippen molar-refractivity contribution in [1.29, 1.82) is 0 Å². The first-order chi connectivity index (χ1) is 14.5. The van der Waals surface area contributed by atoms with Gasteiger partial charge in [-0.25, -0.2) is 9.97 Å². The minimum atomic E-state index is -0.596. The number of anilines is 2. The molecule has 0 saturated carbocycles. The van der Waals surface area contributed by atoms with Crippen molar-refractivity contribution in [2.45, 2.75) is 0 Å². The predicted molar refractivity (Wildman–Crippen MR) is 112 cm³/mol. The smallest absolute Gasteiger partial charge is 0.278 e. The minimum Gasteiger partial charge on any atom is -0.480 e. The number of rotatable bonds is 6. The van der Waals surface area contributed by atoms with Gasteiger partial charge in [0.2, 0.25) is 5.88 Å². The van der Waals surface area contributed by atoms with Crippen LogP contribution in [0.4, 0.5) is 11.5 Å². The molecule has 1 aliphatic rings. The summed E-state index contributed by atoms with van der Waals surface area (Å²) in [6.07, 6.45) is 13.2. The summed E-state index contributed by atoms with van der Waals surface area (Å²) in [7, 11) is 4.51. The number of ether oxygens (including phenoxy) is 1. The van der Waals surface area contributed by atoms with Crippen LogP contribution in [0.1, 0.15) is 21.0 Å². The molecule has 0 aliphatic carbocycles. The maximum Gasteiger partial charge on any atom is 0.278 e. The molecular formula is C19H20N8O3. The van der Waals surface area contributed by atoms with E-state index in [1.807, 2.05) is 12.2 Å². The lowest BCUT2D eigenvalue weighted by Gasteiger charge is -2.12. The van der Waals surface area contributed by atoms with E-state index in [4.69, 9.17) is 4.74 Å². The van der Waals surface area contributed by atoms with Crippen molar-refractivity contribution in [3.8, 4) is 5.88 Å². The van der Waals surface area contributed by atoms with E-state index < -0.39 is 11.8 Å². The largest absolute Gasteiger partial charge is 0.480 e. The van der Waals surface area contributed by atoms with Crippen LogP contribution in [0.3, 0.4) is 0 Å². The van der Waals surface area contributed by atoms with Gasteiger partial charge < -0.3 is 20.7 Å². The quantitative estimate of drug-likeness (QED) is 0.655. The highest BCUT2D eigenvalue weighted by Crippen LogP contribution is 2.20. The van der Waals surface area contributed by atoms with E-state index in [2.05, 4.69) is 36.0 Å². The second kappa shape index (κ2) is 9.28. The van der Waals surface area contributed by atoms with Gasteiger partial charge in [0.1, 0.15) is 5.69 Å². The van der Waals surface area contributed by atoms with Crippen LogP contribution < -0.4 is 20.7 Å². The lowest BCUT2D eigenvalue weighted by molar-refractivity contribution is 0.0954. The average Bonchev–Trinajstić information content (AvgIpc) is 3.09. The Labute approximate surface area is 172 Å². The Bertz CT molecular complexity index is 1080. The Morgan fingerprint density at radius 3 is 2.73 bits per heavy atom. The van der Waals surface area contributed by atoms with Crippen LogP contribution in [-0.4, -0.2) is 51.9 Å². The normalized spacial score (nSPS) is 17.5. The van der Waals surface area contributed by atoms with Crippen LogP contribution in [0.2, 0.25) is 0 Å². The lowest BCUT2D eigenvalue weighted by Crippen LogP contribution is -2.24. The van der Waals surface area contributed by atoms with Gasteiger partial charge in [-0.15, -0.1) is 0 Å². The van der Waals surface area contributed by atoms with E-state index in [9.17, 15) is 9.59 Å². The number of methoxy groups -OCH3 is 1. The van der Waals surface area contributed by atoms with Crippen molar-refractivity contribution in [1.82, 2.24) is 25.1 Å². The highest BCUT2D eigenvalue weighted by atomic mass is 16.5. The summed E-state index contributed by atoms with van der Waals surface area (Å²) >= 11 is 0. The molecule has 0 spiro atoms. The molecule has 2 aromatic heterocycles. The SMILES string of the molecule is CNC(=O)c1c(NC(=O)c2nc(OC)cnc2NC2=C/C=C/C=C/N=C\2)cnn1C. The zero-order valence-corrected chi connectivity index (χ0v) is 16.6. The molecule has 30 heavy (non-hydrogen) atoms. The third-order valence-corrected chi connectivity index (χ3v) is 3.95. The molecule has 3 N–H and O–H groups in total. The summed E-state index contributed by atoms with van der Waals surface area (Å²) in [5.74, 6) is -0.641. The predicted octanol–water partition coefficient (Wildman–Crippen LogP) is 1.28. The van der Waals surface area contributed by atoms with Crippen molar-refractivity contribution < 1.29 is 14.3 Å². The van der Waals surface area contributed by atoms with E-state index in [0.29, 0.717) is 5.70 Å². The monoisotopic (exact) mass is 408 g/mol. The van der Waals surface area contributed by atoms with Crippen molar-refractivity contribution in [2.75, 3.05) is 24.8 Å². The van der Waals surface area contributed by atoms with Crippen LogP contribution in [0.5, 0.6) is 5.88 Å². The van der Waals surface area contributed by atoms with Crippen LogP contribution >= 0.6 is 0 Å². The van der Waals surface area contributed by atoms with Gasteiger partial charge in [0.15, 0.2) is 11.5 Å². The minimum absolute atomic E-state index is 0.0306. The van der Waals surface area contributed by atoms with Gasteiger partial charge >= 0.3 is 0 Å².